The van der Waals surface area contributed by atoms with Crippen LogP contribution < -0.4 is 0 Å². The van der Waals surface area contributed by atoms with Crippen LogP contribution in [0.3, 0.4) is 0 Å². The number of aromatic nitrogens is 2. The van der Waals surface area contributed by atoms with E-state index in [4.69, 9.17) is 0 Å². The first kappa shape index (κ1) is 13.3. The predicted octanol–water partition coefficient (Wildman–Crippen LogP) is 3.27. The van der Waals surface area contributed by atoms with Crippen LogP contribution >= 0.6 is 15.9 Å². The molecule has 1 aromatic carbocycles. The van der Waals surface area contributed by atoms with Crippen LogP contribution in [0.2, 0.25) is 0 Å². The van der Waals surface area contributed by atoms with Gasteiger partial charge in [0.15, 0.2) is 0 Å². The second kappa shape index (κ2) is 4.86. The molecule has 2 aromatic rings. The molecule has 1 heterocycles. The van der Waals surface area contributed by atoms with Crippen molar-refractivity contribution in [2.75, 3.05) is 0 Å². The number of hydrogen-bond donors (Lipinski definition) is 1. The molecule has 0 amide bonds. The summed E-state index contributed by atoms with van der Waals surface area (Å²) >= 11 is 3.46. The second-order valence-electron chi connectivity index (χ2n) is 4.66. The van der Waals surface area contributed by atoms with Crippen LogP contribution in [0, 0.1) is 20.8 Å². The van der Waals surface area contributed by atoms with Crippen molar-refractivity contribution in [3.8, 4) is 11.4 Å². The highest BCUT2D eigenvalue weighted by Gasteiger charge is 2.16. The van der Waals surface area contributed by atoms with Crippen molar-refractivity contribution in [3.63, 3.8) is 0 Å². The Labute approximate surface area is 116 Å². The molecule has 0 aliphatic rings. The van der Waals surface area contributed by atoms with Gasteiger partial charge in [0.25, 0.3) is 0 Å². The number of hydrogen-bond acceptors (Lipinski definition) is 2. The van der Waals surface area contributed by atoms with Crippen LogP contribution in [0.1, 0.15) is 22.4 Å². The van der Waals surface area contributed by atoms with Gasteiger partial charge < -0.3 is 9.67 Å². The van der Waals surface area contributed by atoms with Crippen molar-refractivity contribution in [2.24, 2.45) is 7.05 Å². The fraction of sp³-hybridized carbons (Fsp3) is 0.357. The van der Waals surface area contributed by atoms with Crippen molar-refractivity contribution in [1.29, 1.82) is 0 Å². The number of imidazole rings is 1. The lowest BCUT2D eigenvalue weighted by atomic mass is 9.99. The zero-order chi connectivity index (χ0) is 13.4. The summed E-state index contributed by atoms with van der Waals surface area (Å²) in [6.07, 6.45) is 0. The molecular weight excluding hydrogens is 292 g/mol. The van der Waals surface area contributed by atoms with E-state index in [1.165, 1.54) is 16.7 Å². The predicted molar refractivity (Wildman–Crippen MR) is 76.5 cm³/mol. The van der Waals surface area contributed by atoms with Gasteiger partial charge in [-0.15, -0.1) is 0 Å². The maximum Gasteiger partial charge on any atom is 0.141 e. The summed E-state index contributed by atoms with van der Waals surface area (Å²) in [4.78, 5) is 4.52. The van der Waals surface area contributed by atoms with Gasteiger partial charge in [-0.1, -0.05) is 17.7 Å². The Morgan fingerprint density at radius 1 is 1.22 bits per heavy atom. The third kappa shape index (κ3) is 2.10. The van der Waals surface area contributed by atoms with Crippen molar-refractivity contribution in [1.82, 2.24) is 9.55 Å². The molecule has 1 aromatic heterocycles. The van der Waals surface area contributed by atoms with E-state index in [-0.39, 0.29) is 6.61 Å². The Kier molecular flexibility index (Phi) is 3.59. The smallest absolute Gasteiger partial charge is 0.141 e. The van der Waals surface area contributed by atoms with Gasteiger partial charge in [-0.3, -0.25) is 0 Å². The SMILES string of the molecule is Cc1cc(C)c(-c2nc(CO)c(Br)n2C)c(C)c1. The van der Waals surface area contributed by atoms with E-state index >= 15 is 0 Å². The molecule has 18 heavy (non-hydrogen) atoms. The molecule has 4 heteroatoms. The van der Waals surface area contributed by atoms with Gasteiger partial charge in [0.05, 0.1) is 12.3 Å². The lowest BCUT2D eigenvalue weighted by Gasteiger charge is -2.11. The Balaban J connectivity index is 2.70. The van der Waals surface area contributed by atoms with Crippen molar-refractivity contribution < 1.29 is 5.11 Å². The van der Waals surface area contributed by atoms with Crippen LogP contribution in [0.25, 0.3) is 11.4 Å². The molecular formula is C14H17BrN2O. The van der Waals surface area contributed by atoms with E-state index in [1.807, 2.05) is 11.6 Å². The monoisotopic (exact) mass is 308 g/mol. The first-order valence-electron chi connectivity index (χ1n) is 5.86. The highest BCUT2D eigenvalue weighted by atomic mass is 79.9. The largest absolute Gasteiger partial charge is 0.390 e. The highest BCUT2D eigenvalue weighted by molar-refractivity contribution is 9.10. The number of rotatable bonds is 2. The molecule has 0 spiro atoms. The third-order valence-electron chi connectivity index (χ3n) is 3.14. The topological polar surface area (TPSA) is 38.1 Å². The molecule has 0 aliphatic carbocycles. The molecule has 0 unspecified atom stereocenters. The average Bonchev–Trinajstić information content (AvgIpc) is 2.56. The van der Waals surface area contributed by atoms with E-state index in [0.29, 0.717) is 5.69 Å². The molecule has 3 nitrogen and oxygen atoms in total. The van der Waals surface area contributed by atoms with Gasteiger partial charge in [-0.2, -0.15) is 0 Å². The zero-order valence-electron chi connectivity index (χ0n) is 11.1. The minimum Gasteiger partial charge on any atom is -0.390 e. The Hall–Kier alpha value is -1.13. The molecule has 0 saturated carbocycles. The number of aliphatic hydroxyl groups excluding tert-OH is 1. The first-order valence-corrected chi connectivity index (χ1v) is 6.65. The van der Waals surface area contributed by atoms with E-state index in [1.54, 1.807) is 0 Å². The summed E-state index contributed by atoms with van der Waals surface area (Å²) in [7, 11) is 1.95. The van der Waals surface area contributed by atoms with Crippen molar-refractivity contribution in [3.05, 3.63) is 39.1 Å². The van der Waals surface area contributed by atoms with E-state index in [0.717, 1.165) is 16.0 Å². The average molecular weight is 309 g/mol. The Morgan fingerprint density at radius 3 is 2.22 bits per heavy atom. The third-order valence-corrected chi connectivity index (χ3v) is 4.13. The van der Waals surface area contributed by atoms with E-state index < -0.39 is 0 Å². The van der Waals surface area contributed by atoms with Crippen LogP contribution in [0.4, 0.5) is 0 Å². The molecule has 0 saturated heterocycles. The molecule has 0 aliphatic heterocycles. The number of halogens is 1. The molecule has 0 atom stereocenters. The highest BCUT2D eigenvalue weighted by Crippen LogP contribution is 2.30. The maximum atomic E-state index is 9.28. The zero-order valence-corrected chi connectivity index (χ0v) is 12.7. The number of nitrogens with zero attached hydrogens (tertiary/aromatic N) is 2. The summed E-state index contributed by atoms with van der Waals surface area (Å²) in [6, 6.07) is 4.31. The second-order valence-corrected chi connectivity index (χ2v) is 5.41. The molecule has 1 N–H and O–H groups in total. The molecule has 96 valence electrons. The number of benzene rings is 1. The van der Waals surface area contributed by atoms with Crippen LogP contribution in [-0.4, -0.2) is 14.7 Å². The van der Waals surface area contributed by atoms with Gasteiger partial charge in [0.2, 0.25) is 0 Å². The standard InChI is InChI=1S/C14H17BrN2O/c1-8-5-9(2)12(10(3)6-8)14-16-11(7-18)13(15)17(14)4/h5-6,18H,7H2,1-4H3. The van der Waals surface area contributed by atoms with Crippen LogP contribution in [0.5, 0.6) is 0 Å². The van der Waals surface area contributed by atoms with E-state index in [9.17, 15) is 5.11 Å². The van der Waals surface area contributed by atoms with Crippen LogP contribution in [-0.2, 0) is 13.7 Å². The Morgan fingerprint density at radius 2 is 1.78 bits per heavy atom. The van der Waals surface area contributed by atoms with Gasteiger partial charge in [-0.25, -0.2) is 4.98 Å². The lowest BCUT2D eigenvalue weighted by Crippen LogP contribution is -1.98. The van der Waals surface area contributed by atoms with Gasteiger partial charge in [0.1, 0.15) is 10.4 Å². The normalized spacial score (nSPS) is 11.0. The van der Waals surface area contributed by atoms with Gasteiger partial charge >= 0.3 is 0 Å². The maximum absolute atomic E-state index is 9.28. The molecule has 0 bridgehead atoms. The fourth-order valence-electron chi connectivity index (χ4n) is 2.39. The molecule has 0 radical (unpaired) electrons. The summed E-state index contributed by atoms with van der Waals surface area (Å²) in [5.74, 6) is 0.890. The van der Waals surface area contributed by atoms with E-state index in [2.05, 4.69) is 53.8 Å². The summed E-state index contributed by atoms with van der Waals surface area (Å²) in [5.41, 5.74) is 5.48. The fourth-order valence-corrected chi connectivity index (χ4v) is 2.77. The lowest BCUT2D eigenvalue weighted by molar-refractivity contribution is 0.276. The van der Waals surface area contributed by atoms with Crippen molar-refractivity contribution >= 4 is 15.9 Å². The minimum atomic E-state index is -0.0572. The summed E-state index contributed by atoms with van der Waals surface area (Å²) in [5, 5.41) is 9.28. The number of aryl methyl sites for hydroxylation is 3. The van der Waals surface area contributed by atoms with Gasteiger partial charge in [-0.05, 0) is 47.8 Å². The van der Waals surface area contributed by atoms with Crippen molar-refractivity contribution in [2.45, 2.75) is 27.4 Å². The molecule has 0 fully saturated rings. The quantitative estimate of drug-likeness (QED) is 0.924. The minimum absolute atomic E-state index is 0.0572. The molecule has 2 rings (SSSR count). The van der Waals surface area contributed by atoms with Crippen LogP contribution in [0.15, 0.2) is 16.7 Å². The first-order chi connectivity index (χ1) is 8.45. The van der Waals surface area contributed by atoms with Gasteiger partial charge in [0, 0.05) is 12.6 Å². The number of aliphatic hydroxyl groups is 1. The summed E-state index contributed by atoms with van der Waals surface area (Å²) in [6.45, 7) is 6.22. The Bertz CT molecular complexity index is 579. The summed E-state index contributed by atoms with van der Waals surface area (Å²) < 4.78 is 2.80.